The normalized spacial score (nSPS) is 10.1. The van der Waals surface area contributed by atoms with E-state index in [0.29, 0.717) is 19.8 Å². The van der Waals surface area contributed by atoms with Gasteiger partial charge in [-0.15, -0.1) is 0 Å². The highest BCUT2D eigenvalue weighted by Crippen LogP contribution is 2.11. The van der Waals surface area contributed by atoms with E-state index in [-0.39, 0.29) is 12.3 Å². The van der Waals surface area contributed by atoms with Crippen molar-refractivity contribution in [3.8, 4) is 5.75 Å². The predicted molar refractivity (Wildman–Crippen MR) is 67.3 cm³/mol. The van der Waals surface area contributed by atoms with Crippen LogP contribution in [0.2, 0.25) is 0 Å². The number of aryl methyl sites for hydroxylation is 1. The van der Waals surface area contributed by atoms with E-state index in [4.69, 9.17) is 14.3 Å². The second kappa shape index (κ2) is 8.49. The molecule has 0 saturated carbocycles. The van der Waals surface area contributed by atoms with Gasteiger partial charge in [0.25, 0.3) is 0 Å². The first-order valence-corrected chi connectivity index (χ1v) is 5.81. The molecule has 0 radical (unpaired) electrons. The summed E-state index contributed by atoms with van der Waals surface area (Å²) in [4.78, 5) is 16.2. The number of hydrogen-bond acceptors (Lipinski definition) is 4. The van der Waals surface area contributed by atoms with Crippen molar-refractivity contribution in [3.63, 3.8) is 0 Å². The molecule has 5 nitrogen and oxygen atoms in total. The molecular formula is C13H19NO4. The minimum absolute atomic E-state index is 0.210. The van der Waals surface area contributed by atoms with Gasteiger partial charge in [-0.3, -0.25) is 9.63 Å². The molecule has 0 atom stereocenters. The number of rotatable bonds is 8. The van der Waals surface area contributed by atoms with Gasteiger partial charge in [0.1, 0.15) is 5.75 Å². The number of benzene rings is 1. The number of hydrogen-bond donors (Lipinski definition) is 1. The molecule has 1 aromatic rings. The fourth-order valence-electron chi connectivity index (χ4n) is 1.20. The lowest BCUT2D eigenvalue weighted by Gasteiger charge is -2.07. The SMILES string of the molecule is COCCONC(=O)CCOc1ccc(C)cc1. The Morgan fingerprint density at radius 2 is 1.89 bits per heavy atom. The summed E-state index contributed by atoms with van der Waals surface area (Å²) in [6.07, 6.45) is 0.251. The molecule has 0 spiro atoms. The smallest absolute Gasteiger partial charge is 0.246 e. The maximum absolute atomic E-state index is 11.3. The van der Waals surface area contributed by atoms with Gasteiger partial charge in [-0.25, -0.2) is 5.48 Å². The molecule has 0 aliphatic rings. The quantitative estimate of drug-likeness (QED) is 0.563. The molecule has 1 N–H and O–H groups in total. The lowest BCUT2D eigenvalue weighted by Crippen LogP contribution is -2.26. The van der Waals surface area contributed by atoms with Gasteiger partial charge in [0.15, 0.2) is 0 Å². The van der Waals surface area contributed by atoms with Gasteiger partial charge < -0.3 is 9.47 Å². The van der Waals surface area contributed by atoms with Crippen molar-refractivity contribution in [3.05, 3.63) is 29.8 Å². The van der Waals surface area contributed by atoms with Crippen LogP contribution in [0.1, 0.15) is 12.0 Å². The van der Waals surface area contributed by atoms with Crippen molar-refractivity contribution in [1.29, 1.82) is 0 Å². The van der Waals surface area contributed by atoms with Crippen molar-refractivity contribution >= 4 is 5.91 Å². The van der Waals surface area contributed by atoms with E-state index < -0.39 is 0 Å². The van der Waals surface area contributed by atoms with Gasteiger partial charge in [-0.2, -0.15) is 0 Å². The third-order valence-electron chi connectivity index (χ3n) is 2.19. The molecule has 18 heavy (non-hydrogen) atoms. The highest BCUT2D eigenvalue weighted by Gasteiger charge is 2.01. The Hall–Kier alpha value is -1.59. The minimum Gasteiger partial charge on any atom is -0.493 e. The summed E-state index contributed by atoms with van der Waals surface area (Å²) in [5, 5.41) is 0. The van der Waals surface area contributed by atoms with Crippen LogP contribution < -0.4 is 10.2 Å². The van der Waals surface area contributed by atoms with E-state index in [2.05, 4.69) is 5.48 Å². The number of nitrogens with one attached hydrogen (secondary N) is 1. The number of hydroxylamine groups is 1. The predicted octanol–water partition coefficient (Wildman–Crippen LogP) is 1.46. The minimum atomic E-state index is -0.210. The summed E-state index contributed by atoms with van der Waals surface area (Å²) >= 11 is 0. The van der Waals surface area contributed by atoms with Crippen LogP contribution in [-0.4, -0.2) is 32.8 Å². The second-order valence-electron chi connectivity index (χ2n) is 3.78. The molecule has 0 bridgehead atoms. The van der Waals surface area contributed by atoms with E-state index in [1.54, 1.807) is 7.11 Å². The van der Waals surface area contributed by atoms with E-state index in [1.165, 1.54) is 5.56 Å². The van der Waals surface area contributed by atoms with E-state index in [0.717, 1.165) is 5.75 Å². The third-order valence-corrected chi connectivity index (χ3v) is 2.19. The van der Waals surface area contributed by atoms with Gasteiger partial charge >= 0.3 is 0 Å². The van der Waals surface area contributed by atoms with Gasteiger partial charge in [0.05, 0.1) is 26.2 Å². The first kappa shape index (κ1) is 14.5. The molecule has 5 heteroatoms. The van der Waals surface area contributed by atoms with Crippen LogP contribution >= 0.6 is 0 Å². The lowest BCUT2D eigenvalue weighted by molar-refractivity contribution is -0.135. The fourth-order valence-corrected chi connectivity index (χ4v) is 1.20. The Morgan fingerprint density at radius 3 is 2.56 bits per heavy atom. The monoisotopic (exact) mass is 253 g/mol. The second-order valence-corrected chi connectivity index (χ2v) is 3.78. The van der Waals surface area contributed by atoms with E-state index in [1.807, 2.05) is 31.2 Å². The molecule has 1 amide bonds. The van der Waals surface area contributed by atoms with E-state index >= 15 is 0 Å². The zero-order chi connectivity index (χ0) is 13.2. The summed E-state index contributed by atoms with van der Waals surface area (Å²) in [6.45, 7) is 3.11. The van der Waals surface area contributed by atoms with Crippen molar-refractivity contribution in [2.24, 2.45) is 0 Å². The average molecular weight is 253 g/mol. The van der Waals surface area contributed by atoms with Crippen LogP contribution in [0.3, 0.4) is 0 Å². The number of methoxy groups -OCH3 is 1. The highest BCUT2D eigenvalue weighted by atomic mass is 16.7. The number of carbonyl (C=O) groups excluding carboxylic acids is 1. The largest absolute Gasteiger partial charge is 0.493 e. The number of amides is 1. The number of carbonyl (C=O) groups is 1. The lowest BCUT2D eigenvalue weighted by atomic mass is 10.2. The molecule has 100 valence electrons. The standard InChI is InChI=1S/C13H19NO4/c1-11-3-5-12(6-4-11)17-8-7-13(15)14-18-10-9-16-2/h3-6H,7-10H2,1-2H3,(H,14,15). The van der Waals surface area contributed by atoms with Crippen molar-refractivity contribution in [2.45, 2.75) is 13.3 Å². The van der Waals surface area contributed by atoms with Crippen LogP contribution in [0.4, 0.5) is 0 Å². The molecule has 1 rings (SSSR count). The Balaban J connectivity index is 2.10. The Morgan fingerprint density at radius 1 is 1.17 bits per heavy atom. The van der Waals surface area contributed by atoms with Crippen LogP contribution in [0, 0.1) is 6.92 Å². The third kappa shape index (κ3) is 6.22. The molecule has 0 fully saturated rings. The summed E-state index contributed by atoms with van der Waals surface area (Å²) in [5.41, 5.74) is 3.49. The molecular weight excluding hydrogens is 234 g/mol. The summed E-state index contributed by atoms with van der Waals surface area (Å²) in [7, 11) is 1.57. The maximum atomic E-state index is 11.3. The van der Waals surface area contributed by atoms with Crippen molar-refractivity contribution in [1.82, 2.24) is 5.48 Å². The van der Waals surface area contributed by atoms with Crippen LogP contribution in [0.5, 0.6) is 5.75 Å². The summed E-state index contributed by atoms with van der Waals surface area (Å²) in [5.74, 6) is 0.548. The van der Waals surface area contributed by atoms with Crippen molar-refractivity contribution < 1.29 is 19.1 Å². The summed E-state index contributed by atoms with van der Waals surface area (Å²) in [6, 6.07) is 7.68. The zero-order valence-corrected chi connectivity index (χ0v) is 10.8. The molecule has 1 aromatic carbocycles. The average Bonchev–Trinajstić information content (AvgIpc) is 2.37. The molecule has 0 aliphatic carbocycles. The highest BCUT2D eigenvalue weighted by molar-refractivity contribution is 5.74. The molecule has 0 saturated heterocycles. The van der Waals surface area contributed by atoms with Gasteiger partial charge in [0, 0.05) is 7.11 Å². The Bertz CT molecular complexity index is 351. The molecule has 0 heterocycles. The number of ether oxygens (including phenoxy) is 2. The molecule has 0 aromatic heterocycles. The van der Waals surface area contributed by atoms with Gasteiger partial charge in [-0.1, -0.05) is 17.7 Å². The Kier molecular flexibility index (Phi) is 6.83. The van der Waals surface area contributed by atoms with Crippen LogP contribution in [0.15, 0.2) is 24.3 Å². The fraction of sp³-hybridized carbons (Fsp3) is 0.462. The van der Waals surface area contributed by atoms with Crippen LogP contribution in [-0.2, 0) is 14.4 Å². The Labute approximate surface area is 107 Å². The van der Waals surface area contributed by atoms with E-state index in [9.17, 15) is 4.79 Å². The van der Waals surface area contributed by atoms with Crippen molar-refractivity contribution in [2.75, 3.05) is 26.9 Å². The molecule has 0 aliphatic heterocycles. The first-order chi connectivity index (χ1) is 8.72. The first-order valence-electron chi connectivity index (χ1n) is 5.81. The van der Waals surface area contributed by atoms with Gasteiger partial charge in [-0.05, 0) is 19.1 Å². The summed E-state index contributed by atoms with van der Waals surface area (Å²) < 4.78 is 10.2. The van der Waals surface area contributed by atoms with Crippen LogP contribution in [0.25, 0.3) is 0 Å². The zero-order valence-electron chi connectivity index (χ0n) is 10.8. The molecule has 0 unspecified atom stereocenters. The topological polar surface area (TPSA) is 56.8 Å². The van der Waals surface area contributed by atoms with Gasteiger partial charge in [0.2, 0.25) is 5.91 Å². The maximum Gasteiger partial charge on any atom is 0.246 e.